The van der Waals surface area contributed by atoms with Crippen LogP contribution >= 0.6 is 0 Å². The van der Waals surface area contributed by atoms with Gasteiger partial charge in [-0.1, -0.05) is 13.8 Å². The summed E-state index contributed by atoms with van der Waals surface area (Å²) in [5.74, 6) is -4.84. The smallest absolute Gasteiger partial charge is 0.320 e. The minimum absolute atomic E-state index is 0.694. The Labute approximate surface area is 64.7 Å². The van der Waals surface area contributed by atoms with Crippen LogP contribution in [-0.2, 0) is 4.79 Å². The molecule has 0 aliphatic carbocycles. The molecule has 3 heteroatoms. The van der Waals surface area contributed by atoms with E-state index in [-0.39, 0.29) is 0 Å². The van der Waals surface area contributed by atoms with Crippen LogP contribution in [0.1, 0.15) is 29.7 Å². The van der Waals surface area contributed by atoms with Crippen LogP contribution in [0.3, 0.4) is 0 Å². The zero-order valence-electron chi connectivity index (χ0n) is 11.9. The van der Waals surface area contributed by atoms with Crippen molar-refractivity contribution >= 4 is 5.97 Å². The summed E-state index contributed by atoms with van der Waals surface area (Å²) in [4.78, 5) is 10.6. The molecule has 0 aliphatic rings. The molecule has 0 aromatic heterocycles. The number of carboxylic acid groups (broad SMARTS) is 1. The van der Waals surface area contributed by atoms with Crippen molar-refractivity contribution in [3.63, 3.8) is 0 Å². The molecule has 2 atom stereocenters. The number of carbonyl (C=O) groups is 1. The second-order valence-corrected chi connectivity index (χ2v) is 1.47. The molecule has 1 unspecified atom stereocenters. The maximum Gasteiger partial charge on any atom is 0.320 e. The summed E-state index contributed by atoms with van der Waals surface area (Å²) in [6, 6.07) is -3.21. The van der Waals surface area contributed by atoms with E-state index < -0.39 is 31.1 Å². The minimum atomic E-state index is -3.25. The van der Waals surface area contributed by atoms with E-state index in [2.05, 4.69) is 0 Å². The lowest BCUT2D eigenvalue weighted by Crippen LogP contribution is -2.31. The normalized spacial score (nSPS) is 38.2. The van der Waals surface area contributed by atoms with Gasteiger partial charge in [0.15, 0.2) is 0 Å². The number of hydrogen-bond donors (Lipinski definition) is 2. The van der Waals surface area contributed by atoms with Crippen LogP contribution in [0.2, 0.25) is 0 Å². The topological polar surface area (TPSA) is 63.3 Å². The molecule has 3 N–H and O–H groups in total. The van der Waals surface area contributed by atoms with Crippen LogP contribution in [0.4, 0.5) is 0 Å². The number of carboxylic acids is 1. The van der Waals surface area contributed by atoms with Crippen molar-refractivity contribution in [2.45, 2.75) is 26.2 Å². The van der Waals surface area contributed by atoms with Crippen molar-refractivity contribution in [2.75, 3.05) is 0 Å². The largest absolute Gasteiger partial charge is 0.480 e. The molecule has 0 bridgehead atoms. The van der Waals surface area contributed by atoms with Crippen LogP contribution in [0.25, 0.3) is 0 Å². The molecule has 0 radical (unpaired) electrons. The van der Waals surface area contributed by atoms with E-state index in [4.69, 9.17) is 20.4 Å². The van der Waals surface area contributed by atoms with E-state index in [1.54, 1.807) is 0 Å². The number of nitrogens with two attached hydrogens (primary N) is 1. The first-order valence-corrected chi connectivity index (χ1v) is 2.22. The van der Waals surface area contributed by atoms with Gasteiger partial charge in [0.2, 0.25) is 0 Å². The van der Waals surface area contributed by atoms with Crippen molar-refractivity contribution < 1.29 is 19.5 Å². The van der Waals surface area contributed by atoms with Crippen molar-refractivity contribution in [3.05, 3.63) is 0 Å². The molecular weight excluding hydrogens is 125 g/mol. The van der Waals surface area contributed by atoms with E-state index in [1.165, 1.54) is 0 Å². The van der Waals surface area contributed by atoms with Gasteiger partial charge in [-0.3, -0.25) is 4.79 Å². The fourth-order valence-electron chi connectivity index (χ4n) is 0.255. The molecule has 0 fully saturated rings. The Morgan fingerprint density at radius 3 is 3.11 bits per heavy atom. The van der Waals surface area contributed by atoms with Crippen LogP contribution in [0.5, 0.6) is 0 Å². The summed E-state index contributed by atoms with van der Waals surface area (Å²) in [5.41, 5.74) is 4.94. The van der Waals surface area contributed by atoms with Gasteiger partial charge in [-0.05, 0) is 12.3 Å². The van der Waals surface area contributed by atoms with Gasteiger partial charge < -0.3 is 10.8 Å². The highest BCUT2D eigenvalue weighted by molar-refractivity contribution is 5.72. The molecule has 0 spiro atoms. The molecule has 54 valence electrons. The number of hydrogen-bond acceptors (Lipinski definition) is 2. The molecule has 0 heterocycles. The summed E-state index contributed by atoms with van der Waals surface area (Å²) in [6.45, 7) is -2.41. The van der Waals surface area contributed by atoms with Crippen molar-refractivity contribution in [1.29, 1.82) is 0 Å². The first-order valence-electron chi connectivity index (χ1n) is 5.72. The average molecular weight is 145 g/mol. The zero-order chi connectivity index (χ0) is 13.6. The van der Waals surface area contributed by atoms with Gasteiger partial charge in [0, 0.05) is 8.22 Å². The van der Waals surface area contributed by atoms with E-state index in [0.29, 0.717) is 6.92 Å². The van der Waals surface area contributed by atoms with Crippen LogP contribution in [0, 0.1) is 5.89 Å². The van der Waals surface area contributed by atoms with Gasteiger partial charge in [0.25, 0.3) is 0 Å². The zero-order valence-corrected chi connectivity index (χ0v) is 4.93. The molecule has 0 saturated carbocycles. The summed E-state index contributed by atoms with van der Waals surface area (Å²) < 4.78 is 50.2. The Hall–Kier alpha value is -0.570. The summed E-state index contributed by atoms with van der Waals surface area (Å²) >= 11 is 0. The number of aliphatic carboxylic acids is 1. The van der Waals surface area contributed by atoms with Crippen molar-refractivity contribution in [1.82, 2.24) is 0 Å². The molecule has 0 aliphatic heterocycles. The third kappa shape index (κ3) is 3.97. The average Bonchev–Trinajstić information content (AvgIpc) is 2.00. The lowest BCUT2D eigenvalue weighted by Gasteiger charge is -2.07. The second kappa shape index (κ2) is 3.45. The Bertz CT molecular complexity index is 296. The molecule has 3 nitrogen and oxygen atoms in total. The fourth-order valence-corrected chi connectivity index (χ4v) is 0.255. The van der Waals surface area contributed by atoms with E-state index >= 15 is 0 Å². The monoisotopic (exact) mass is 145 g/mol. The highest BCUT2D eigenvalue weighted by Gasteiger charge is 2.11. The SMILES string of the molecule is [2H][13C]([2H])([2H])[13C]([2H])([13CH3])[13C]([2H])([2H])[13C@]([2H])([15NH2])[13C](=O)O. The Kier molecular flexibility index (Phi) is 0.858. The molecule has 0 aromatic rings. The summed E-state index contributed by atoms with van der Waals surface area (Å²) in [6.07, 6.45) is -3.25. The molecule has 9 heavy (non-hydrogen) atoms. The Balaban J connectivity index is 5.62. The van der Waals surface area contributed by atoms with Gasteiger partial charge >= 0.3 is 5.97 Å². The van der Waals surface area contributed by atoms with Gasteiger partial charge in [-0.25, -0.2) is 0 Å². The quantitative estimate of drug-likeness (QED) is 0.447. The second-order valence-electron chi connectivity index (χ2n) is 1.47. The maximum absolute atomic E-state index is 10.6. The lowest BCUT2D eigenvalue weighted by atomic mass is 11.0. The predicted molar refractivity (Wildman–Crippen MR) is 35.1 cm³/mol. The van der Waals surface area contributed by atoms with Crippen LogP contribution in [0.15, 0.2) is 0 Å². The summed E-state index contributed by atoms with van der Waals surface area (Å²) in [5, 5.41) is 8.59. The van der Waals surface area contributed by atoms with Gasteiger partial charge in [-0.2, -0.15) is 0 Å². The maximum atomic E-state index is 10.6. The van der Waals surface area contributed by atoms with E-state index in [9.17, 15) is 4.79 Å². The number of rotatable bonds is 3. The molecule has 0 aromatic carbocycles. The molecule has 0 saturated heterocycles. The lowest BCUT2D eigenvalue weighted by molar-refractivity contribution is -0.138. The third-order valence-electron chi connectivity index (χ3n) is 0.553. The van der Waals surface area contributed by atoms with E-state index in [1.807, 2.05) is 0 Å². The van der Waals surface area contributed by atoms with Crippen molar-refractivity contribution in [2.24, 2.45) is 11.6 Å². The Morgan fingerprint density at radius 2 is 2.78 bits per heavy atom. The first kappa shape index (κ1) is 2.23. The summed E-state index contributed by atoms with van der Waals surface area (Å²) in [7, 11) is 0. The minimum Gasteiger partial charge on any atom is -0.480 e. The molecular formula is C6H13NO2. The van der Waals surface area contributed by atoms with Gasteiger partial charge in [0.1, 0.15) is 6.02 Å². The van der Waals surface area contributed by atoms with Gasteiger partial charge in [0.05, 0.1) is 1.37 Å². The highest BCUT2D eigenvalue weighted by atomic mass is 16.5. The molecule has 0 amide bonds. The standard InChI is InChI=1S/C6H13NO2/c1-4(2)3-5(7)6(8)9/h4-5H,3,7H2,1-2H3,(H,8,9)/t5-/m0/s1/i1+1,2+1D3,3+1D2,4+1D,5+1D,6+1,7+1/t4?,5-. The van der Waals surface area contributed by atoms with Crippen LogP contribution in [-0.4, -0.2) is 17.1 Å². The first-order chi connectivity index (χ1) is 6.69. The highest BCUT2D eigenvalue weighted by Crippen LogP contribution is 2.01. The van der Waals surface area contributed by atoms with Crippen molar-refractivity contribution in [3.8, 4) is 0 Å². The predicted octanol–water partition coefficient (Wildman–Crippen LogP) is 0.444. The van der Waals surface area contributed by atoms with Crippen LogP contribution < -0.4 is 5.73 Å². The fraction of sp³-hybridized carbons (Fsp3) is 0.833. The van der Waals surface area contributed by atoms with E-state index in [0.717, 1.165) is 0 Å². The third-order valence-corrected chi connectivity index (χ3v) is 0.553. The Morgan fingerprint density at radius 1 is 2.22 bits per heavy atom. The van der Waals surface area contributed by atoms with Gasteiger partial charge in [-0.15, -0.1) is 0 Å². The molecule has 0 rings (SSSR count).